The highest BCUT2D eigenvalue weighted by atomic mass is 35.5. The van der Waals surface area contributed by atoms with Crippen molar-refractivity contribution in [2.24, 2.45) is 0 Å². The fourth-order valence-corrected chi connectivity index (χ4v) is 2.92. The van der Waals surface area contributed by atoms with Gasteiger partial charge in [-0.25, -0.2) is 9.37 Å². The van der Waals surface area contributed by atoms with Crippen LogP contribution in [0.25, 0.3) is 10.6 Å². The number of nitrogens with zero attached hydrogens (tertiary/aromatic N) is 1. The van der Waals surface area contributed by atoms with Gasteiger partial charge in [-0.05, 0) is 39.8 Å². The van der Waals surface area contributed by atoms with Crippen LogP contribution in [0.2, 0.25) is 5.02 Å². The Hall–Kier alpha value is -0.970. The summed E-state index contributed by atoms with van der Waals surface area (Å²) in [5, 5.41) is 4.22. The normalized spacial score (nSPS) is 11.9. The summed E-state index contributed by atoms with van der Waals surface area (Å²) in [6, 6.07) is 4.99. The van der Waals surface area contributed by atoms with Gasteiger partial charge in [0.05, 0.1) is 10.7 Å². The number of nitrogens with one attached hydrogen (secondary N) is 1. The number of hydrogen-bond acceptors (Lipinski definition) is 3. The fourth-order valence-electron chi connectivity index (χ4n) is 1.72. The van der Waals surface area contributed by atoms with Gasteiger partial charge in [0.2, 0.25) is 0 Å². The molecule has 1 N–H and O–H groups in total. The van der Waals surface area contributed by atoms with Gasteiger partial charge in [0.25, 0.3) is 0 Å². The monoisotopic (exact) mass is 312 g/mol. The number of thiazole rings is 1. The molecule has 1 aromatic carbocycles. The highest BCUT2D eigenvalue weighted by molar-refractivity contribution is 7.15. The van der Waals surface area contributed by atoms with E-state index in [1.54, 1.807) is 18.2 Å². The second kappa shape index (κ2) is 5.80. The predicted octanol–water partition coefficient (Wildman–Crippen LogP) is 4.80. The van der Waals surface area contributed by atoms with Crippen LogP contribution in [-0.4, -0.2) is 10.5 Å². The van der Waals surface area contributed by atoms with Gasteiger partial charge in [0, 0.05) is 22.5 Å². The first kappa shape index (κ1) is 15.4. The smallest absolute Gasteiger partial charge is 0.152 e. The topological polar surface area (TPSA) is 24.9 Å². The van der Waals surface area contributed by atoms with Crippen molar-refractivity contribution in [3.05, 3.63) is 39.6 Å². The van der Waals surface area contributed by atoms with E-state index in [1.165, 1.54) is 11.3 Å². The highest BCUT2D eigenvalue weighted by Gasteiger charge is 2.16. The predicted molar refractivity (Wildman–Crippen MR) is 83.8 cm³/mol. The number of halogens is 2. The van der Waals surface area contributed by atoms with Crippen LogP contribution in [0.5, 0.6) is 0 Å². The van der Waals surface area contributed by atoms with Gasteiger partial charge in [0.15, 0.2) is 5.82 Å². The van der Waals surface area contributed by atoms with Crippen LogP contribution in [0.3, 0.4) is 0 Å². The molecule has 20 heavy (non-hydrogen) atoms. The Balaban J connectivity index is 2.29. The number of benzene rings is 1. The lowest BCUT2D eigenvalue weighted by Crippen LogP contribution is -2.34. The molecular formula is C15H18ClFN2S. The Kier molecular flexibility index (Phi) is 4.47. The van der Waals surface area contributed by atoms with Crippen molar-refractivity contribution in [1.82, 2.24) is 10.3 Å². The van der Waals surface area contributed by atoms with Gasteiger partial charge in [-0.3, -0.25) is 0 Å². The number of rotatable bonds is 3. The average Bonchev–Trinajstić information content (AvgIpc) is 2.71. The van der Waals surface area contributed by atoms with E-state index >= 15 is 0 Å². The molecule has 0 aliphatic carbocycles. The minimum Gasteiger partial charge on any atom is -0.307 e. The lowest BCUT2D eigenvalue weighted by Gasteiger charge is -2.19. The van der Waals surface area contributed by atoms with E-state index in [0.29, 0.717) is 10.6 Å². The summed E-state index contributed by atoms with van der Waals surface area (Å²) in [4.78, 5) is 5.58. The van der Waals surface area contributed by atoms with E-state index in [0.717, 1.165) is 17.1 Å². The molecule has 5 heteroatoms. The molecule has 0 amide bonds. The second-order valence-corrected chi connectivity index (χ2v) is 7.22. The molecule has 0 aliphatic heterocycles. The average molecular weight is 313 g/mol. The summed E-state index contributed by atoms with van der Waals surface area (Å²) in [7, 11) is 0. The fraction of sp³-hybridized carbons (Fsp3) is 0.400. The standard InChI is InChI=1S/C15H18ClFN2S/c1-9-12(8-18-15(2,3)4)20-14(19-9)10-6-5-7-11(16)13(10)17/h5-7,18H,8H2,1-4H3. The summed E-state index contributed by atoms with van der Waals surface area (Å²) in [5.74, 6) is -0.404. The summed E-state index contributed by atoms with van der Waals surface area (Å²) in [6.07, 6.45) is 0. The van der Waals surface area contributed by atoms with E-state index in [-0.39, 0.29) is 10.6 Å². The molecule has 2 aromatic rings. The highest BCUT2D eigenvalue weighted by Crippen LogP contribution is 2.32. The van der Waals surface area contributed by atoms with Gasteiger partial charge in [-0.1, -0.05) is 17.7 Å². The molecule has 108 valence electrons. The van der Waals surface area contributed by atoms with E-state index < -0.39 is 5.82 Å². The molecule has 0 atom stereocenters. The van der Waals surface area contributed by atoms with Crippen molar-refractivity contribution in [3.8, 4) is 10.6 Å². The Morgan fingerprint density at radius 1 is 1.35 bits per heavy atom. The Bertz CT molecular complexity index is 617. The molecule has 0 radical (unpaired) electrons. The van der Waals surface area contributed by atoms with Crippen molar-refractivity contribution < 1.29 is 4.39 Å². The number of aromatic nitrogens is 1. The summed E-state index contributed by atoms with van der Waals surface area (Å²) >= 11 is 7.32. The molecule has 0 aliphatic rings. The molecule has 0 bridgehead atoms. The minimum atomic E-state index is -0.404. The third-order valence-corrected chi connectivity index (χ3v) is 4.34. The van der Waals surface area contributed by atoms with Gasteiger partial charge in [-0.15, -0.1) is 11.3 Å². The lowest BCUT2D eigenvalue weighted by atomic mass is 10.1. The number of hydrogen-bond donors (Lipinski definition) is 1. The van der Waals surface area contributed by atoms with Crippen LogP contribution in [0.15, 0.2) is 18.2 Å². The SMILES string of the molecule is Cc1nc(-c2cccc(Cl)c2F)sc1CNC(C)(C)C. The van der Waals surface area contributed by atoms with Crippen LogP contribution in [-0.2, 0) is 6.54 Å². The summed E-state index contributed by atoms with van der Waals surface area (Å²) in [5.41, 5.74) is 1.44. The Labute approximate surface area is 128 Å². The molecule has 2 nitrogen and oxygen atoms in total. The van der Waals surface area contributed by atoms with Gasteiger partial charge in [0.1, 0.15) is 5.01 Å². The molecule has 0 fully saturated rings. The van der Waals surface area contributed by atoms with E-state index in [1.807, 2.05) is 6.92 Å². The minimum absolute atomic E-state index is 0.0396. The molecule has 0 unspecified atom stereocenters. The Morgan fingerprint density at radius 2 is 2.05 bits per heavy atom. The molecule has 1 aromatic heterocycles. The van der Waals surface area contributed by atoms with E-state index in [2.05, 4.69) is 31.1 Å². The molecule has 0 spiro atoms. The van der Waals surface area contributed by atoms with Gasteiger partial charge in [-0.2, -0.15) is 0 Å². The molecular weight excluding hydrogens is 295 g/mol. The molecule has 1 heterocycles. The number of aryl methyl sites for hydroxylation is 1. The zero-order valence-corrected chi connectivity index (χ0v) is 13.6. The maximum Gasteiger partial charge on any atom is 0.152 e. The van der Waals surface area contributed by atoms with Crippen LogP contribution < -0.4 is 5.32 Å². The van der Waals surface area contributed by atoms with E-state index in [4.69, 9.17) is 11.6 Å². The van der Waals surface area contributed by atoms with Crippen molar-refractivity contribution >= 4 is 22.9 Å². The zero-order valence-electron chi connectivity index (χ0n) is 12.1. The van der Waals surface area contributed by atoms with Crippen molar-refractivity contribution in [3.63, 3.8) is 0 Å². The molecule has 0 saturated carbocycles. The molecule has 0 saturated heterocycles. The largest absolute Gasteiger partial charge is 0.307 e. The lowest BCUT2D eigenvalue weighted by molar-refractivity contribution is 0.425. The molecule has 2 rings (SSSR count). The Morgan fingerprint density at radius 3 is 2.70 bits per heavy atom. The van der Waals surface area contributed by atoms with Crippen LogP contribution in [0.1, 0.15) is 31.3 Å². The van der Waals surface area contributed by atoms with Gasteiger partial charge < -0.3 is 5.32 Å². The van der Waals surface area contributed by atoms with E-state index in [9.17, 15) is 4.39 Å². The van der Waals surface area contributed by atoms with Crippen LogP contribution in [0, 0.1) is 12.7 Å². The second-order valence-electron chi connectivity index (χ2n) is 5.73. The first-order valence-corrected chi connectivity index (χ1v) is 7.63. The summed E-state index contributed by atoms with van der Waals surface area (Å²) in [6.45, 7) is 9.01. The van der Waals surface area contributed by atoms with Gasteiger partial charge >= 0.3 is 0 Å². The zero-order chi connectivity index (χ0) is 14.9. The van der Waals surface area contributed by atoms with Crippen LogP contribution >= 0.6 is 22.9 Å². The first-order valence-electron chi connectivity index (χ1n) is 6.43. The van der Waals surface area contributed by atoms with Crippen LogP contribution in [0.4, 0.5) is 4.39 Å². The first-order chi connectivity index (χ1) is 9.28. The third-order valence-electron chi connectivity index (χ3n) is 2.85. The van der Waals surface area contributed by atoms with Crippen molar-refractivity contribution in [2.45, 2.75) is 39.8 Å². The third kappa shape index (κ3) is 3.57. The van der Waals surface area contributed by atoms with Crippen molar-refractivity contribution in [2.75, 3.05) is 0 Å². The quantitative estimate of drug-likeness (QED) is 0.880. The maximum absolute atomic E-state index is 14.0. The van der Waals surface area contributed by atoms with Crippen molar-refractivity contribution in [1.29, 1.82) is 0 Å². The maximum atomic E-state index is 14.0. The summed E-state index contributed by atoms with van der Waals surface area (Å²) < 4.78 is 14.0.